The van der Waals surface area contributed by atoms with E-state index in [1.165, 1.54) is 41.8 Å². The highest BCUT2D eigenvalue weighted by Gasteiger charge is 2.32. The minimum absolute atomic E-state index is 0. The maximum atomic E-state index is 12.3. The maximum Gasteiger partial charge on any atom is 0.335 e. The molecule has 238 valence electrons. The minimum atomic E-state index is -2.76. The van der Waals surface area contributed by atoms with Gasteiger partial charge in [-0.1, -0.05) is 94.7 Å². The molecule has 7 nitrogen and oxygen atoms in total. The number of carboxylic acids is 1. The van der Waals surface area contributed by atoms with Gasteiger partial charge in [-0.25, -0.2) is 13.7 Å². The number of carboxylic acid groups (broad SMARTS) is 1. The highest BCUT2D eigenvalue weighted by atomic mass is 35.5. The van der Waals surface area contributed by atoms with Crippen LogP contribution in [0.15, 0.2) is 79.1 Å². The lowest BCUT2D eigenvalue weighted by molar-refractivity contribution is -0.688. The number of carbonyl (C=O) groups is 2. The van der Waals surface area contributed by atoms with Crippen LogP contribution >= 0.6 is 0 Å². The minimum Gasteiger partial charge on any atom is -1.00 e. The number of hydrogen-bond acceptors (Lipinski definition) is 4. The Balaban J connectivity index is -0.000000310. The van der Waals surface area contributed by atoms with Gasteiger partial charge in [0, 0.05) is 23.1 Å². The number of halogens is 1. The molecule has 1 aromatic heterocycles. The van der Waals surface area contributed by atoms with Crippen molar-refractivity contribution in [1.29, 1.82) is 0 Å². The molecule has 2 aromatic carbocycles. The monoisotopic (exact) mass is 623 g/mol. The van der Waals surface area contributed by atoms with Crippen molar-refractivity contribution in [3.8, 4) is 0 Å². The summed E-state index contributed by atoms with van der Waals surface area (Å²) in [6.45, 7) is 10.6. The van der Waals surface area contributed by atoms with Crippen molar-refractivity contribution in [1.82, 2.24) is 0 Å². The molecule has 2 unspecified atom stereocenters. The molecular weight excluding hydrogens is 572 g/mol. The first kappa shape index (κ1) is 45.9. The molecule has 0 radical (unpaired) electrons. The van der Waals surface area contributed by atoms with Crippen LogP contribution in [-0.4, -0.2) is 25.7 Å². The molecule has 1 amide bonds. The molecule has 42 heavy (non-hydrogen) atoms. The second kappa shape index (κ2) is 21.6. The second-order valence-corrected chi connectivity index (χ2v) is 10.3. The molecule has 3 aromatic rings. The quantitative estimate of drug-likeness (QED) is 0.266. The predicted octanol–water partition coefficient (Wildman–Crippen LogP) is 5.03. The van der Waals surface area contributed by atoms with Crippen molar-refractivity contribution in [3.63, 3.8) is 0 Å². The van der Waals surface area contributed by atoms with Gasteiger partial charge < -0.3 is 22.1 Å². The lowest BCUT2D eigenvalue weighted by atomic mass is 9.89. The lowest BCUT2D eigenvalue weighted by Crippen LogP contribution is -3.00. The largest absolute Gasteiger partial charge is 1.00 e. The van der Waals surface area contributed by atoms with E-state index in [9.17, 15) is 18.4 Å². The van der Waals surface area contributed by atoms with Gasteiger partial charge in [0.2, 0.25) is 5.91 Å². The van der Waals surface area contributed by atoms with E-state index in [2.05, 4.69) is 67.2 Å². The highest BCUT2D eigenvalue weighted by Crippen LogP contribution is 2.28. The smallest absolute Gasteiger partial charge is 0.335 e. The fraction of sp³-hybridized carbons (Fsp3) is 0.424. The fourth-order valence-electron chi connectivity index (χ4n) is 3.37. The Hall–Kier alpha value is -3.07. The number of amides is 1. The number of benzene rings is 2. The van der Waals surface area contributed by atoms with Crippen LogP contribution in [0.1, 0.15) is 105 Å². The van der Waals surface area contributed by atoms with Crippen molar-refractivity contribution in [3.05, 3.63) is 95.8 Å². The van der Waals surface area contributed by atoms with Crippen LogP contribution in [0.3, 0.4) is 0 Å². The van der Waals surface area contributed by atoms with Gasteiger partial charge in [-0.15, -0.1) is 0 Å². The Morgan fingerprint density at radius 2 is 1.43 bits per heavy atom. The van der Waals surface area contributed by atoms with Gasteiger partial charge in [-0.2, -0.15) is 0 Å². The maximum absolute atomic E-state index is 12.3. The number of hydrogen-bond donors (Lipinski definition) is 1. The third kappa shape index (κ3) is 13.3. The average molecular weight is 624 g/mol. The summed E-state index contributed by atoms with van der Waals surface area (Å²) in [4.78, 5) is 23.0. The second-order valence-electron chi connectivity index (χ2n) is 9.50. The molecule has 9 heteroatoms. The fourth-order valence-corrected chi connectivity index (χ4v) is 4.05. The highest BCUT2D eigenvalue weighted by molar-refractivity contribution is 7.81. The Kier molecular flexibility index (Phi) is 23.6. The number of aromatic nitrogens is 1. The van der Waals surface area contributed by atoms with Gasteiger partial charge in [0.05, 0.1) is 22.5 Å². The molecular formula is C33H52ClN2O5S-. The van der Waals surface area contributed by atoms with E-state index in [-0.39, 0.29) is 53.4 Å². The van der Waals surface area contributed by atoms with Crippen LogP contribution in [0.25, 0.3) is 0 Å². The van der Waals surface area contributed by atoms with Crippen LogP contribution in [-0.2, 0) is 22.6 Å². The van der Waals surface area contributed by atoms with Crippen LogP contribution in [0.2, 0.25) is 0 Å². The summed E-state index contributed by atoms with van der Waals surface area (Å²) in [7, 11) is 0. The number of aromatic carboxylic acids is 1. The molecule has 1 N–H and O–H groups in total. The molecule has 0 spiro atoms. The van der Waals surface area contributed by atoms with E-state index in [0.717, 1.165) is 6.54 Å². The van der Waals surface area contributed by atoms with Crippen LogP contribution in [0.5, 0.6) is 0 Å². The van der Waals surface area contributed by atoms with E-state index in [0.29, 0.717) is 16.6 Å². The molecule has 2 atom stereocenters. The molecule has 3 rings (SSSR count). The summed E-state index contributed by atoms with van der Waals surface area (Å²) < 4.78 is 25.5. The van der Waals surface area contributed by atoms with E-state index < -0.39 is 28.6 Å². The molecule has 0 aliphatic carbocycles. The SMILES string of the molecule is C.C.C.C.CCC(C)(C)C(=O)N(c1ccc(C(=O)O)cc1)S(=O)[O-].CCC(C)c1ccc(C[n+]2ccccc2)cc1.[Cl-]. The molecule has 0 bridgehead atoms. The summed E-state index contributed by atoms with van der Waals surface area (Å²) in [5.41, 5.74) is 2.11. The normalized spacial score (nSPS) is 11.1. The summed E-state index contributed by atoms with van der Waals surface area (Å²) in [5, 5.41) is 8.80. The number of carbonyl (C=O) groups excluding carboxylic acids is 1. The van der Waals surface area contributed by atoms with Crippen molar-refractivity contribution in [2.45, 2.75) is 89.6 Å². The summed E-state index contributed by atoms with van der Waals surface area (Å²) in [5.74, 6) is -1.02. The van der Waals surface area contributed by atoms with Crippen molar-refractivity contribution < 1.29 is 40.4 Å². The topological polar surface area (TPSA) is 102 Å². The first-order chi connectivity index (χ1) is 17.5. The Labute approximate surface area is 263 Å². The standard InChI is InChI=1S/C16H20N.C13H17NO5S.4CH4.ClH/c1-3-14(2)16-9-7-15(8-10-16)13-17-11-5-4-6-12-17;1-4-13(2,3)12(17)14(20(18)19)10-7-5-9(6-8-10)11(15)16;;;;;/h4-12,14H,3,13H2,1-2H3;5-8H,4H2,1-3H3,(H,15,16)(H,18,19);4*1H4;1H/q+1;;;;;;/p-2. The van der Waals surface area contributed by atoms with Crippen molar-refractivity contribution in [2.75, 3.05) is 4.31 Å². The Bertz CT molecular complexity index is 1190. The zero-order valence-corrected chi connectivity index (χ0v) is 24.0. The Morgan fingerprint density at radius 3 is 1.83 bits per heavy atom. The van der Waals surface area contributed by atoms with Gasteiger partial charge in [0.25, 0.3) is 0 Å². The zero-order valence-electron chi connectivity index (χ0n) is 22.5. The average Bonchev–Trinajstić information content (AvgIpc) is 2.89. The number of nitrogens with zero attached hydrogens (tertiary/aromatic N) is 2. The first-order valence-corrected chi connectivity index (χ1v) is 13.3. The van der Waals surface area contributed by atoms with E-state index in [4.69, 9.17) is 5.11 Å². The first-order valence-electron chi connectivity index (χ1n) is 12.3. The zero-order chi connectivity index (χ0) is 27.6. The summed E-state index contributed by atoms with van der Waals surface area (Å²) in [6.07, 6.45) is 5.88. The predicted molar refractivity (Wildman–Crippen MR) is 172 cm³/mol. The molecule has 1 heterocycles. The van der Waals surface area contributed by atoms with Gasteiger partial charge in [-0.05, 0) is 48.6 Å². The van der Waals surface area contributed by atoms with Crippen molar-refractivity contribution >= 4 is 28.8 Å². The van der Waals surface area contributed by atoms with Crippen molar-refractivity contribution in [2.24, 2.45) is 5.41 Å². The van der Waals surface area contributed by atoms with Gasteiger partial charge >= 0.3 is 5.97 Å². The number of rotatable bonds is 9. The molecule has 0 saturated heterocycles. The lowest BCUT2D eigenvalue weighted by Gasteiger charge is -2.32. The van der Waals surface area contributed by atoms with Crippen LogP contribution < -0.4 is 21.3 Å². The summed E-state index contributed by atoms with van der Waals surface area (Å²) in [6, 6.07) is 20.3. The summed E-state index contributed by atoms with van der Waals surface area (Å²) >= 11 is -2.76. The number of anilines is 1. The molecule has 0 saturated carbocycles. The van der Waals surface area contributed by atoms with Crippen LogP contribution in [0, 0.1) is 5.41 Å². The Morgan fingerprint density at radius 1 is 0.929 bits per heavy atom. The molecule has 0 aliphatic heterocycles. The van der Waals surface area contributed by atoms with Gasteiger partial charge in [0.15, 0.2) is 18.9 Å². The van der Waals surface area contributed by atoms with E-state index in [1.54, 1.807) is 20.8 Å². The third-order valence-electron chi connectivity index (χ3n) is 6.45. The van der Waals surface area contributed by atoms with Gasteiger partial charge in [0.1, 0.15) is 0 Å². The van der Waals surface area contributed by atoms with E-state index >= 15 is 0 Å². The molecule has 0 fully saturated rings. The van der Waals surface area contributed by atoms with Gasteiger partial charge in [-0.3, -0.25) is 9.00 Å². The third-order valence-corrected chi connectivity index (χ3v) is 7.12. The molecule has 0 aliphatic rings. The van der Waals surface area contributed by atoms with Crippen LogP contribution in [0.4, 0.5) is 5.69 Å². The number of pyridine rings is 1. The van der Waals surface area contributed by atoms with E-state index in [1.807, 2.05) is 6.07 Å².